The molecular weight excluding hydrogens is 525 g/mol. The first kappa shape index (κ1) is 27.7. The van der Waals surface area contributed by atoms with Gasteiger partial charge in [0.2, 0.25) is 5.91 Å². The highest BCUT2D eigenvalue weighted by atomic mass is 35.5. The first-order chi connectivity index (χ1) is 18.3. The summed E-state index contributed by atoms with van der Waals surface area (Å²) in [6.07, 6.45) is 2.18. The number of carbonyl (C=O) groups is 2. The number of nitrogens with two attached hydrogens (primary N) is 1. The minimum Gasteiger partial charge on any atom is -0.489 e. The van der Waals surface area contributed by atoms with Crippen LogP contribution in [0.4, 0.5) is 5.82 Å². The molecule has 4 rings (SSSR count). The fraction of sp³-hybridized carbons (Fsp3) is 0.321. The molecule has 10 heteroatoms. The molecule has 38 heavy (non-hydrogen) atoms. The number of anilines is 1. The number of nitrogen functional groups attached to an aromatic ring is 1. The highest BCUT2D eigenvalue weighted by Gasteiger charge is 2.18. The third-order valence-corrected chi connectivity index (χ3v) is 7.25. The smallest absolute Gasteiger partial charge is 0.251 e. The van der Waals surface area contributed by atoms with E-state index >= 15 is 0 Å². The fourth-order valence-electron chi connectivity index (χ4n) is 4.32. The molecule has 3 aromatic rings. The number of amides is 2. The van der Waals surface area contributed by atoms with E-state index in [1.54, 1.807) is 37.4 Å². The number of nitrogens with zero attached hydrogens (tertiary/aromatic N) is 3. The summed E-state index contributed by atoms with van der Waals surface area (Å²) < 4.78 is 5.91. The molecule has 0 bridgehead atoms. The van der Waals surface area contributed by atoms with Crippen LogP contribution in [-0.2, 0) is 11.2 Å². The molecule has 0 spiro atoms. The van der Waals surface area contributed by atoms with E-state index in [0.29, 0.717) is 40.9 Å². The molecule has 1 fully saturated rings. The van der Waals surface area contributed by atoms with Crippen LogP contribution in [0.1, 0.15) is 22.8 Å². The summed E-state index contributed by atoms with van der Waals surface area (Å²) in [5.74, 6) is 0.683. The monoisotopic (exact) mass is 555 g/mol. The van der Waals surface area contributed by atoms with Gasteiger partial charge in [-0.05, 0) is 41.5 Å². The fourth-order valence-corrected chi connectivity index (χ4v) is 4.91. The number of aromatic nitrogens is 1. The second-order valence-corrected chi connectivity index (χ2v) is 9.90. The molecule has 0 radical (unpaired) electrons. The minimum absolute atomic E-state index is 0.106. The summed E-state index contributed by atoms with van der Waals surface area (Å²) >= 11 is 12.5. The van der Waals surface area contributed by atoms with Crippen molar-refractivity contribution in [3.05, 3.63) is 75.9 Å². The third kappa shape index (κ3) is 7.16. The lowest BCUT2D eigenvalue weighted by molar-refractivity contribution is -0.130. The Labute approximate surface area is 232 Å². The summed E-state index contributed by atoms with van der Waals surface area (Å²) in [7, 11) is 0. The van der Waals surface area contributed by atoms with Crippen molar-refractivity contribution in [3.63, 3.8) is 0 Å². The number of ether oxygens (including phenoxy) is 1. The van der Waals surface area contributed by atoms with Crippen molar-refractivity contribution in [2.45, 2.75) is 13.3 Å². The Morgan fingerprint density at radius 2 is 1.74 bits per heavy atom. The number of hydrogen-bond donors (Lipinski definition) is 2. The summed E-state index contributed by atoms with van der Waals surface area (Å²) in [4.78, 5) is 32.6. The van der Waals surface area contributed by atoms with Crippen LogP contribution in [0.2, 0.25) is 10.0 Å². The van der Waals surface area contributed by atoms with Crippen molar-refractivity contribution >= 4 is 40.8 Å². The summed E-state index contributed by atoms with van der Waals surface area (Å²) in [5.41, 5.74) is 9.02. The average molecular weight is 556 g/mol. The molecule has 1 aromatic heterocycles. The first-order valence-corrected chi connectivity index (χ1v) is 13.2. The van der Waals surface area contributed by atoms with Gasteiger partial charge < -0.3 is 20.7 Å². The Balaban J connectivity index is 1.33. The zero-order valence-corrected chi connectivity index (χ0v) is 22.8. The van der Waals surface area contributed by atoms with Crippen molar-refractivity contribution in [1.29, 1.82) is 0 Å². The molecular formula is C28H31Cl2N5O3. The maximum atomic E-state index is 12.8. The normalized spacial score (nSPS) is 13.8. The average Bonchev–Trinajstić information content (AvgIpc) is 2.91. The molecule has 2 aromatic carbocycles. The molecule has 3 N–H and O–H groups in total. The highest BCUT2D eigenvalue weighted by molar-refractivity contribution is 6.36. The number of hydrogen-bond acceptors (Lipinski definition) is 6. The molecule has 200 valence electrons. The molecule has 2 amide bonds. The zero-order chi connectivity index (χ0) is 27.1. The van der Waals surface area contributed by atoms with Crippen molar-refractivity contribution in [2.24, 2.45) is 0 Å². The molecule has 0 saturated carbocycles. The van der Waals surface area contributed by atoms with Crippen LogP contribution in [0.15, 0.2) is 54.7 Å². The lowest BCUT2D eigenvalue weighted by atomic mass is 10.0. The predicted molar refractivity (Wildman–Crippen MR) is 151 cm³/mol. The lowest BCUT2D eigenvalue weighted by Crippen LogP contribution is -2.49. The largest absolute Gasteiger partial charge is 0.489 e. The van der Waals surface area contributed by atoms with Gasteiger partial charge in [-0.3, -0.25) is 14.5 Å². The van der Waals surface area contributed by atoms with Gasteiger partial charge in [0.1, 0.15) is 0 Å². The van der Waals surface area contributed by atoms with E-state index < -0.39 is 0 Å². The minimum atomic E-state index is -0.147. The molecule has 1 saturated heterocycles. The highest BCUT2D eigenvalue weighted by Crippen LogP contribution is 2.29. The molecule has 2 heterocycles. The summed E-state index contributed by atoms with van der Waals surface area (Å²) in [5, 5.41) is 4.17. The van der Waals surface area contributed by atoms with Crippen molar-refractivity contribution in [1.82, 2.24) is 20.1 Å². The molecule has 1 aliphatic heterocycles. The molecule has 8 nitrogen and oxygen atoms in total. The number of piperazine rings is 1. The predicted octanol–water partition coefficient (Wildman–Crippen LogP) is 4.15. The van der Waals surface area contributed by atoms with E-state index in [1.165, 1.54) is 0 Å². The summed E-state index contributed by atoms with van der Waals surface area (Å²) in [6.45, 7) is 6.25. The molecule has 0 atom stereocenters. The second kappa shape index (κ2) is 13.0. The third-order valence-electron chi connectivity index (χ3n) is 6.54. The number of rotatable bonds is 9. The Morgan fingerprint density at radius 1 is 1.03 bits per heavy atom. The van der Waals surface area contributed by atoms with Gasteiger partial charge in [0.25, 0.3) is 5.91 Å². The second-order valence-electron chi connectivity index (χ2n) is 9.09. The number of halogens is 2. The van der Waals surface area contributed by atoms with Crippen LogP contribution in [0.5, 0.6) is 5.75 Å². The van der Waals surface area contributed by atoms with Gasteiger partial charge in [0.05, 0.1) is 6.61 Å². The zero-order valence-electron chi connectivity index (χ0n) is 21.3. The first-order valence-electron chi connectivity index (χ1n) is 12.5. The van der Waals surface area contributed by atoms with E-state index in [2.05, 4.69) is 15.2 Å². The number of pyridine rings is 1. The van der Waals surface area contributed by atoms with Crippen molar-refractivity contribution in [3.8, 4) is 16.9 Å². The van der Waals surface area contributed by atoms with Gasteiger partial charge in [0.15, 0.2) is 11.6 Å². The van der Waals surface area contributed by atoms with Crippen LogP contribution >= 0.6 is 23.2 Å². The van der Waals surface area contributed by atoms with Crippen molar-refractivity contribution < 1.29 is 14.3 Å². The van der Waals surface area contributed by atoms with Gasteiger partial charge in [-0.15, -0.1) is 0 Å². The SMILES string of the molecule is CC(=O)N1CCN(CCNC(=O)c2cccc(-c3cnc(N)c(OCCc4c(Cl)cccc4Cl)c3)c2)CC1. The van der Waals surface area contributed by atoms with E-state index in [9.17, 15) is 9.59 Å². The van der Waals surface area contributed by atoms with Crippen LogP contribution in [-0.4, -0.2) is 72.5 Å². The number of carbonyl (C=O) groups excluding carboxylic acids is 2. The topological polar surface area (TPSA) is 101 Å². The van der Waals surface area contributed by atoms with E-state index in [0.717, 1.165) is 49.4 Å². The van der Waals surface area contributed by atoms with Crippen LogP contribution in [0.3, 0.4) is 0 Å². The standard InChI is InChI=1S/C28H31Cl2N5O3/c1-19(36)35-13-11-34(12-14-35)10-9-32-28(37)21-5-2-4-20(16-21)22-17-26(27(31)33-18-22)38-15-8-23-24(29)6-3-7-25(23)30/h2-7,16-18H,8-15H2,1H3,(H2,31,33)(H,32,37). The Kier molecular flexibility index (Phi) is 9.44. The summed E-state index contributed by atoms with van der Waals surface area (Å²) in [6, 6.07) is 14.5. The van der Waals surface area contributed by atoms with Crippen molar-refractivity contribution in [2.75, 3.05) is 51.6 Å². The van der Waals surface area contributed by atoms with Crippen LogP contribution < -0.4 is 15.8 Å². The quantitative estimate of drug-likeness (QED) is 0.411. The van der Waals surface area contributed by atoms with Gasteiger partial charge in [-0.25, -0.2) is 4.98 Å². The lowest BCUT2D eigenvalue weighted by Gasteiger charge is -2.34. The molecule has 0 unspecified atom stereocenters. The Bertz CT molecular complexity index is 1270. The van der Waals surface area contributed by atoms with Gasteiger partial charge >= 0.3 is 0 Å². The van der Waals surface area contributed by atoms with Crippen LogP contribution in [0, 0.1) is 0 Å². The Morgan fingerprint density at radius 3 is 2.45 bits per heavy atom. The van der Waals surface area contributed by atoms with Crippen LogP contribution in [0.25, 0.3) is 11.1 Å². The maximum Gasteiger partial charge on any atom is 0.251 e. The molecule has 1 aliphatic rings. The maximum absolute atomic E-state index is 12.8. The van der Waals surface area contributed by atoms with E-state index in [-0.39, 0.29) is 17.6 Å². The van der Waals surface area contributed by atoms with Gasteiger partial charge in [-0.1, -0.05) is 41.4 Å². The number of nitrogens with one attached hydrogen (secondary N) is 1. The van der Waals surface area contributed by atoms with E-state index in [1.807, 2.05) is 29.2 Å². The number of benzene rings is 2. The van der Waals surface area contributed by atoms with E-state index in [4.69, 9.17) is 33.7 Å². The Hall–Kier alpha value is -3.33. The van der Waals surface area contributed by atoms with Gasteiger partial charge in [0, 0.05) is 80.0 Å². The molecule has 0 aliphatic carbocycles. The van der Waals surface area contributed by atoms with Gasteiger partial charge in [-0.2, -0.15) is 0 Å².